The highest BCUT2D eigenvalue weighted by atomic mass is 16.2. The summed E-state index contributed by atoms with van der Waals surface area (Å²) in [5.41, 5.74) is 0. The molecule has 0 aromatic heterocycles. The Kier molecular flexibility index (Phi) is 4.80. The number of rotatable bonds is 5. The van der Waals surface area contributed by atoms with E-state index in [0.717, 1.165) is 52.0 Å². The maximum absolute atomic E-state index is 12.2. The van der Waals surface area contributed by atoms with Gasteiger partial charge < -0.3 is 15.1 Å². The summed E-state index contributed by atoms with van der Waals surface area (Å²) in [4.78, 5) is 28.2. The van der Waals surface area contributed by atoms with Gasteiger partial charge in [-0.3, -0.25) is 9.59 Å². The molecule has 2 amide bonds. The standard InChI is InChI=1S/C14H25N3O2/c1-3-4-5-15-13(18)11-10-12(11)14(19)17-8-6-16(2)7-9-17/h11-12H,3-10H2,1-2H3,(H,15,18). The summed E-state index contributed by atoms with van der Waals surface area (Å²) < 4.78 is 0. The van der Waals surface area contributed by atoms with Gasteiger partial charge in [-0.05, 0) is 19.9 Å². The molecule has 2 fully saturated rings. The molecule has 1 aliphatic heterocycles. The van der Waals surface area contributed by atoms with Crippen LogP contribution < -0.4 is 5.32 Å². The average molecular weight is 267 g/mol. The van der Waals surface area contributed by atoms with Crippen molar-refractivity contribution in [3.8, 4) is 0 Å². The summed E-state index contributed by atoms with van der Waals surface area (Å²) >= 11 is 0. The van der Waals surface area contributed by atoms with Crippen LogP contribution in [-0.4, -0.2) is 61.4 Å². The lowest BCUT2D eigenvalue weighted by atomic mass is 10.2. The second-order valence-electron chi connectivity index (χ2n) is 5.72. The van der Waals surface area contributed by atoms with Crippen LogP contribution in [-0.2, 0) is 9.59 Å². The smallest absolute Gasteiger partial charge is 0.226 e. The van der Waals surface area contributed by atoms with E-state index in [4.69, 9.17) is 0 Å². The Labute approximate surface area is 115 Å². The third kappa shape index (κ3) is 3.69. The number of nitrogens with one attached hydrogen (secondary N) is 1. The summed E-state index contributed by atoms with van der Waals surface area (Å²) in [6.45, 7) is 6.31. The van der Waals surface area contributed by atoms with E-state index in [1.54, 1.807) is 0 Å². The van der Waals surface area contributed by atoms with Crippen LogP contribution in [0.15, 0.2) is 0 Å². The van der Waals surface area contributed by atoms with Crippen molar-refractivity contribution in [2.75, 3.05) is 39.8 Å². The van der Waals surface area contributed by atoms with Gasteiger partial charge in [0.15, 0.2) is 0 Å². The molecule has 19 heavy (non-hydrogen) atoms. The fourth-order valence-electron chi connectivity index (χ4n) is 2.54. The lowest BCUT2D eigenvalue weighted by Crippen LogP contribution is -2.48. The topological polar surface area (TPSA) is 52.7 Å². The number of carbonyl (C=O) groups is 2. The largest absolute Gasteiger partial charge is 0.356 e. The first-order chi connectivity index (χ1) is 9.13. The van der Waals surface area contributed by atoms with Crippen LogP contribution >= 0.6 is 0 Å². The van der Waals surface area contributed by atoms with E-state index in [0.29, 0.717) is 0 Å². The number of piperazine rings is 1. The van der Waals surface area contributed by atoms with Gasteiger partial charge in [-0.1, -0.05) is 13.3 Å². The zero-order valence-corrected chi connectivity index (χ0v) is 12.0. The van der Waals surface area contributed by atoms with Crippen molar-refractivity contribution in [2.24, 2.45) is 11.8 Å². The number of carbonyl (C=O) groups excluding carboxylic acids is 2. The molecule has 1 saturated heterocycles. The van der Waals surface area contributed by atoms with E-state index >= 15 is 0 Å². The first-order valence-electron chi connectivity index (χ1n) is 7.38. The SMILES string of the molecule is CCCCNC(=O)C1CC1C(=O)N1CCN(C)CC1. The maximum Gasteiger partial charge on any atom is 0.226 e. The van der Waals surface area contributed by atoms with Crippen molar-refractivity contribution in [1.29, 1.82) is 0 Å². The molecule has 2 rings (SSSR count). The van der Waals surface area contributed by atoms with E-state index in [1.165, 1.54) is 0 Å². The fraction of sp³-hybridized carbons (Fsp3) is 0.857. The monoisotopic (exact) mass is 267 g/mol. The number of likely N-dealkylation sites (N-methyl/N-ethyl adjacent to an activating group) is 1. The average Bonchev–Trinajstić information content (AvgIpc) is 3.19. The van der Waals surface area contributed by atoms with Gasteiger partial charge in [0.25, 0.3) is 0 Å². The quantitative estimate of drug-likeness (QED) is 0.730. The molecule has 0 aromatic carbocycles. The Morgan fingerprint density at radius 1 is 1.16 bits per heavy atom. The minimum atomic E-state index is -0.0657. The molecule has 5 nitrogen and oxygen atoms in total. The van der Waals surface area contributed by atoms with Crippen molar-refractivity contribution < 1.29 is 9.59 Å². The molecule has 1 saturated carbocycles. The van der Waals surface area contributed by atoms with Crippen molar-refractivity contribution in [2.45, 2.75) is 26.2 Å². The van der Waals surface area contributed by atoms with E-state index in [1.807, 2.05) is 4.90 Å². The number of hydrogen-bond donors (Lipinski definition) is 1. The van der Waals surface area contributed by atoms with Crippen LogP contribution in [0.25, 0.3) is 0 Å². The fourth-order valence-corrected chi connectivity index (χ4v) is 2.54. The molecule has 2 unspecified atom stereocenters. The van der Waals surface area contributed by atoms with Crippen LogP contribution in [0.2, 0.25) is 0 Å². The third-order valence-corrected chi connectivity index (χ3v) is 4.09. The predicted octanol–water partition coefficient (Wildman–Crippen LogP) is 0.313. The molecule has 0 bridgehead atoms. The van der Waals surface area contributed by atoms with Gasteiger partial charge in [0.2, 0.25) is 11.8 Å². The van der Waals surface area contributed by atoms with Crippen molar-refractivity contribution in [3.63, 3.8) is 0 Å². The summed E-state index contributed by atoms with van der Waals surface area (Å²) in [5.74, 6) is 0.138. The highest BCUT2D eigenvalue weighted by Gasteiger charge is 2.49. The minimum absolute atomic E-state index is 0.0509. The molecule has 0 spiro atoms. The van der Waals surface area contributed by atoms with Gasteiger partial charge in [-0.15, -0.1) is 0 Å². The van der Waals surface area contributed by atoms with Gasteiger partial charge in [0, 0.05) is 32.7 Å². The van der Waals surface area contributed by atoms with Crippen LogP contribution in [0.4, 0.5) is 0 Å². The first-order valence-corrected chi connectivity index (χ1v) is 7.38. The van der Waals surface area contributed by atoms with Crippen LogP contribution in [0, 0.1) is 11.8 Å². The number of nitrogens with zero attached hydrogens (tertiary/aromatic N) is 2. The Hall–Kier alpha value is -1.10. The van der Waals surface area contributed by atoms with E-state index < -0.39 is 0 Å². The zero-order chi connectivity index (χ0) is 13.8. The van der Waals surface area contributed by atoms with Crippen molar-refractivity contribution in [3.05, 3.63) is 0 Å². The van der Waals surface area contributed by atoms with Crippen LogP contribution in [0.3, 0.4) is 0 Å². The molecule has 0 radical (unpaired) electrons. The molecule has 1 N–H and O–H groups in total. The highest BCUT2D eigenvalue weighted by molar-refractivity contribution is 5.92. The maximum atomic E-state index is 12.2. The first kappa shape index (κ1) is 14.3. The third-order valence-electron chi connectivity index (χ3n) is 4.09. The Balaban J connectivity index is 1.72. The van der Waals surface area contributed by atoms with Gasteiger partial charge in [-0.25, -0.2) is 0 Å². The Bertz CT molecular complexity index is 338. The molecule has 2 aliphatic rings. The van der Waals surface area contributed by atoms with E-state index in [2.05, 4.69) is 24.2 Å². The van der Waals surface area contributed by atoms with Gasteiger partial charge in [0.1, 0.15) is 0 Å². The van der Waals surface area contributed by atoms with Gasteiger partial charge in [0.05, 0.1) is 11.8 Å². The number of amides is 2. The lowest BCUT2D eigenvalue weighted by molar-refractivity contribution is -0.136. The van der Waals surface area contributed by atoms with Crippen LogP contribution in [0.1, 0.15) is 26.2 Å². The molecule has 1 heterocycles. The molecule has 5 heteroatoms. The van der Waals surface area contributed by atoms with Gasteiger partial charge >= 0.3 is 0 Å². The highest BCUT2D eigenvalue weighted by Crippen LogP contribution is 2.40. The van der Waals surface area contributed by atoms with Crippen LogP contribution in [0.5, 0.6) is 0 Å². The second kappa shape index (κ2) is 6.37. The molecule has 108 valence electrons. The molecule has 2 atom stereocenters. The van der Waals surface area contributed by atoms with Crippen molar-refractivity contribution in [1.82, 2.24) is 15.1 Å². The van der Waals surface area contributed by atoms with E-state index in [-0.39, 0.29) is 23.7 Å². The summed E-state index contributed by atoms with van der Waals surface area (Å²) in [6.07, 6.45) is 2.83. The molecule has 1 aliphatic carbocycles. The number of hydrogen-bond acceptors (Lipinski definition) is 3. The van der Waals surface area contributed by atoms with E-state index in [9.17, 15) is 9.59 Å². The number of unbranched alkanes of at least 4 members (excludes halogenated alkanes) is 1. The summed E-state index contributed by atoms with van der Waals surface area (Å²) in [7, 11) is 2.07. The van der Waals surface area contributed by atoms with Crippen molar-refractivity contribution >= 4 is 11.8 Å². The summed E-state index contributed by atoms with van der Waals surface area (Å²) in [6, 6.07) is 0. The van der Waals surface area contributed by atoms with Gasteiger partial charge in [-0.2, -0.15) is 0 Å². The normalized spacial score (nSPS) is 27.2. The molecular formula is C14H25N3O2. The summed E-state index contributed by atoms with van der Waals surface area (Å²) in [5, 5.41) is 2.92. The molecular weight excluding hydrogens is 242 g/mol. The Morgan fingerprint density at radius 2 is 1.84 bits per heavy atom. The minimum Gasteiger partial charge on any atom is -0.356 e. The molecule has 0 aromatic rings. The second-order valence-corrected chi connectivity index (χ2v) is 5.72. The lowest BCUT2D eigenvalue weighted by Gasteiger charge is -2.32. The zero-order valence-electron chi connectivity index (χ0n) is 12.0. The predicted molar refractivity (Wildman–Crippen MR) is 73.6 cm³/mol. The Morgan fingerprint density at radius 3 is 2.47 bits per heavy atom.